The van der Waals surface area contributed by atoms with E-state index in [1.165, 1.54) is 7.11 Å². The van der Waals surface area contributed by atoms with E-state index in [1.807, 2.05) is 42.6 Å². The maximum atomic E-state index is 13.4. The number of para-hydroxylation sites is 1. The number of methoxy groups -OCH3 is 2. The highest BCUT2D eigenvalue weighted by Gasteiger charge is 2.27. The van der Waals surface area contributed by atoms with Gasteiger partial charge < -0.3 is 25.1 Å². The Hall–Kier alpha value is -4.37. The zero-order chi connectivity index (χ0) is 25.2. The standard InChI is InChI=1S/C27H27N5O4/c1-35-24-6-4-3-5-19(24)22-14-30-25-20(22)12-17(13-29-25)16-7-8-23(31-27(34)36-2)21(11-16)26(33)32-10-9-18(28)15-32/h3-8,11-14,18H,9-10,15,28H2,1-2H3,(H,29,30)(H,31,34)/t18-/m0/s1. The minimum Gasteiger partial charge on any atom is -0.496 e. The molecule has 0 spiro atoms. The fraction of sp³-hybridized carbons (Fsp3) is 0.222. The Morgan fingerprint density at radius 2 is 1.94 bits per heavy atom. The molecule has 0 unspecified atom stereocenters. The third-order valence-electron chi connectivity index (χ3n) is 6.45. The largest absolute Gasteiger partial charge is 0.496 e. The second-order valence-corrected chi connectivity index (χ2v) is 8.70. The van der Waals surface area contributed by atoms with Crippen LogP contribution in [0, 0.1) is 0 Å². The molecule has 4 aromatic rings. The van der Waals surface area contributed by atoms with Crippen LogP contribution >= 0.6 is 0 Å². The van der Waals surface area contributed by atoms with Gasteiger partial charge in [-0.2, -0.15) is 0 Å². The van der Waals surface area contributed by atoms with Crippen LogP contribution in [0.3, 0.4) is 0 Å². The quantitative estimate of drug-likeness (QED) is 0.388. The van der Waals surface area contributed by atoms with E-state index in [-0.39, 0.29) is 11.9 Å². The summed E-state index contributed by atoms with van der Waals surface area (Å²) in [7, 11) is 2.93. The van der Waals surface area contributed by atoms with Crippen molar-refractivity contribution in [1.29, 1.82) is 0 Å². The number of ether oxygens (including phenoxy) is 2. The summed E-state index contributed by atoms with van der Waals surface area (Å²) in [5.41, 5.74) is 11.0. The van der Waals surface area contributed by atoms with Crippen molar-refractivity contribution in [3.8, 4) is 28.0 Å². The Morgan fingerprint density at radius 1 is 1.11 bits per heavy atom. The number of carbonyl (C=O) groups excluding carboxylic acids is 2. The molecule has 2 aromatic heterocycles. The lowest BCUT2D eigenvalue weighted by molar-refractivity contribution is 0.0792. The van der Waals surface area contributed by atoms with Gasteiger partial charge in [0, 0.05) is 53.6 Å². The second-order valence-electron chi connectivity index (χ2n) is 8.70. The molecule has 2 aromatic carbocycles. The zero-order valence-electron chi connectivity index (χ0n) is 20.1. The smallest absolute Gasteiger partial charge is 0.411 e. The molecular formula is C27H27N5O4. The number of likely N-dealkylation sites (tertiary alicyclic amines) is 1. The molecule has 36 heavy (non-hydrogen) atoms. The van der Waals surface area contributed by atoms with Crippen molar-refractivity contribution in [2.75, 3.05) is 32.6 Å². The van der Waals surface area contributed by atoms with Crippen LogP contribution < -0.4 is 15.8 Å². The van der Waals surface area contributed by atoms with Crippen LogP contribution in [0.1, 0.15) is 16.8 Å². The zero-order valence-corrected chi connectivity index (χ0v) is 20.1. The first-order valence-electron chi connectivity index (χ1n) is 11.6. The van der Waals surface area contributed by atoms with Gasteiger partial charge in [0.25, 0.3) is 5.91 Å². The minimum atomic E-state index is -0.646. The Bertz CT molecular complexity index is 1450. The van der Waals surface area contributed by atoms with Gasteiger partial charge >= 0.3 is 6.09 Å². The molecule has 1 fully saturated rings. The molecule has 1 aliphatic heterocycles. The van der Waals surface area contributed by atoms with Crippen LogP contribution in [0.25, 0.3) is 33.3 Å². The van der Waals surface area contributed by atoms with E-state index in [9.17, 15) is 9.59 Å². The van der Waals surface area contributed by atoms with Crippen LogP contribution in [0.4, 0.5) is 10.5 Å². The van der Waals surface area contributed by atoms with Crippen LogP contribution in [0.15, 0.2) is 60.9 Å². The van der Waals surface area contributed by atoms with E-state index in [4.69, 9.17) is 15.2 Å². The number of H-pyrrole nitrogens is 1. The number of nitrogens with zero attached hydrogens (tertiary/aromatic N) is 2. The van der Waals surface area contributed by atoms with Gasteiger partial charge in [-0.25, -0.2) is 9.78 Å². The van der Waals surface area contributed by atoms with Gasteiger partial charge in [-0.15, -0.1) is 0 Å². The number of anilines is 1. The maximum Gasteiger partial charge on any atom is 0.411 e. The molecule has 5 rings (SSSR count). The number of aromatic amines is 1. The molecule has 2 amide bonds. The number of hydrogen-bond acceptors (Lipinski definition) is 6. The Balaban J connectivity index is 1.58. The molecule has 1 aliphatic rings. The first-order valence-corrected chi connectivity index (χ1v) is 11.6. The molecule has 0 radical (unpaired) electrons. The van der Waals surface area contributed by atoms with E-state index < -0.39 is 6.09 Å². The van der Waals surface area contributed by atoms with Crippen molar-refractivity contribution in [3.63, 3.8) is 0 Å². The number of rotatable bonds is 5. The second kappa shape index (κ2) is 9.71. The highest BCUT2D eigenvalue weighted by atomic mass is 16.5. The summed E-state index contributed by atoms with van der Waals surface area (Å²) in [5, 5.41) is 3.57. The van der Waals surface area contributed by atoms with E-state index in [0.29, 0.717) is 24.3 Å². The normalized spacial score (nSPS) is 15.2. The number of carbonyl (C=O) groups is 2. The van der Waals surface area contributed by atoms with Crippen molar-refractivity contribution in [2.45, 2.75) is 12.5 Å². The fourth-order valence-corrected chi connectivity index (χ4v) is 4.56. The summed E-state index contributed by atoms with van der Waals surface area (Å²) in [6, 6.07) is 15.1. The topological polar surface area (TPSA) is 123 Å². The van der Waals surface area contributed by atoms with E-state index in [1.54, 1.807) is 30.3 Å². The number of fused-ring (bicyclic) bond motifs is 1. The first kappa shape index (κ1) is 23.4. The Morgan fingerprint density at radius 3 is 2.69 bits per heavy atom. The molecule has 1 saturated heterocycles. The van der Waals surface area contributed by atoms with Crippen LogP contribution in [0.2, 0.25) is 0 Å². The van der Waals surface area contributed by atoms with E-state index in [2.05, 4.69) is 15.3 Å². The van der Waals surface area contributed by atoms with Gasteiger partial charge in [-0.05, 0) is 36.2 Å². The van der Waals surface area contributed by atoms with Gasteiger partial charge in [0.15, 0.2) is 0 Å². The average molecular weight is 486 g/mol. The van der Waals surface area contributed by atoms with Crippen molar-refractivity contribution >= 4 is 28.7 Å². The fourth-order valence-electron chi connectivity index (χ4n) is 4.56. The molecule has 9 heteroatoms. The third kappa shape index (κ3) is 4.36. The number of nitrogens with one attached hydrogen (secondary N) is 2. The Labute approximate surface area is 208 Å². The maximum absolute atomic E-state index is 13.4. The number of benzene rings is 2. The summed E-state index contributed by atoms with van der Waals surface area (Å²) in [5.74, 6) is 0.570. The van der Waals surface area contributed by atoms with Crippen LogP contribution in [0.5, 0.6) is 5.75 Å². The summed E-state index contributed by atoms with van der Waals surface area (Å²) < 4.78 is 10.3. The number of nitrogens with two attached hydrogens (primary N) is 1. The molecule has 0 saturated carbocycles. The lowest BCUT2D eigenvalue weighted by Crippen LogP contribution is -2.32. The van der Waals surface area contributed by atoms with Gasteiger partial charge in [-0.1, -0.05) is 24.3 Å². The van der Waals surface area contributed by atoms with E-state index in [0.717, 1.165) is 45.5 Å². The van der Waals surface area contributed by atoms with Gasteiger partial charge in [0.05, 0.1) is 25.5 Å². The Kier molecular flexibility index (Phi) is 6.30. The molecule has 0 aliphatic carbocycles. The lowest BCUT2D eigenvalue weighted by atomic mass is 9.99. The van der Waals surface area contributed by atoms with Crippen LogP contribution in [-0.4, -0.2) is 60.2 Å². The summed E-state index contributed by atoms with van der Waals surface area (Å²) in [4.78, 5) is 34.9. The highest BCUT2D eigenvalue weighted by Crippen LogP contribution is 2.36. The molecule has 1 atom stereocenters. The number of hydrogen-bond donors (Lipinski definition) is 3. The van der Waals surface area contributed by atoms with Gasteiger partial charge in [0.1, 0.15) is 11.4 Å². The molecule has 184 valence electrons. The van der Waals surface area contributed by atoms with Crippen molar-refractivity contribution in [1.82, 2.24) is 14.9 Å². The lowest BCUT2D eigenvalue weighted by Gasteiger charge is -2.19. The van der Waals surface area contributed by atoms with Crippen LogP contribution in [-0.2, 0) is 4.74 Å². The molecular weight excluding hydrogens is 458 g/mol. The number of pyridine rings is 1. The summed E-state index contributed by atoms with van der Waals surface area (Å²) in [6.07, 6.45) is 3.76. The van der Waals surface area contributed by atoms with Crippen molar-refractivity contribution in [3.05, 3.63) is 66.5 Å². The monoisotopic (exact) mass is 485 g/mol. The van der Waals surface area contributed by atoms with Crippen molar-refractivity contribution in [2.24, 2.45) is 5.73 Å². The first-order chi connectivity index (χ1) is 17.5. The summed E-state index contributed by atoms with van der Waals surface area (Å²) >= 11 is 0. The average Bonchev–Trinajstić information content (AvgIpc) is 3.54. The van der Waals surface area contributed by atoms with Crippen molar-refractivity contribution < 1.29 is 19.1 Å². The van der Waals surface area contributed by atoms with Gasteiger partial charge in [0.2, 0.25) is 0 Å². The molecule has 9 nitrogen and oxygen atoms in total. The molecule has 4 N–H and O–H groups in total. The number of amides is 2. The van der Waals surface area contributed by atoms with Gasteiger partial charge in [-0.3, -0.25) is 10.1 Å². The highest BCUT2D eigenvalue weighted by molar-refractivity contribution is 6.04. The SMILES string of the molecule is COC(=O)Nc1ccc(-c2cnc3[nH]cc(-c4ccccc4OC)c3c2)cc1C(=O)N1CC[C@H](N)C1. The molecule has 0 bridgehead atoms. The van der Waals surface area contributed by atoms with E-state index >= 15 is 0 Å². The third-order valence-corrected chi connectivity index (χ3v) is 6.45. The predicted molar refractivity (Wildman–Crippen MR) is 138 cm³/mol. The summed E-state index contributed by atoms with van der Waals surface area (Å²) in [6.45, 7) is 1.04. The predicted octanol–water partition coefficient (Wildman–Crippen LogP) is 4.26. The minimum absolute atomic E-state index is 0.0530. The molecule has 3 heterocycles. The number of aromatic nitrogens is 2.